The van der Waals surface area contributed by atoms with Crippen LogP contribution in [0.15, 0.2) is 0 Å². The minimum atomic E-state index is 0.724. The maximum Gasteiger partial charge on any atom is -0.0266 e. The molecule has 0 heteroatoms. The summed E-state index contributed by atoms with van der Waals surface area (Å²) in [5, 5.41) is 0. The number of hydrogen-bond donors (Lipinski definition) is 0. The molecule has 3 atom stereocenters. The Balaban J connectivity index is 2.15. The van der Waals surface area contributed by atoms with E-state index in [-0.39, 0.29) is 0 Å². The lowest BCUT2D eigenvalue weighted by atomic mass is 9.95. The molecule has 1 aliphatic rings. The lowest BCUT2D eigenvalue weighted by molar-refractivity contribution is 0.411. The van der Waals surface area contributed by atoms with E-state index >= 15 is 0 Å². The van der Waals surface area contributed by atoms with Gasteiger partial charge in [-0.2, -0.15) is 0 Å². The Morgan fingerprint density at radius 3 is 2.20 bits per heavy atom. The first kappa shape index (κ1) is 13.1. The van der Waals surface area contributed by atoms with E-state index < -0.39 is 0 Å². The van der Waals surface area contributed by atoms with Gasteiger partial charge < -0.3 is 0 Å². The van der Waals surface area contributed by atoms with Gasteiger partial charge in [0.2, 0.25) is 0 Å². The Morgan fingerprint density at radius 2 is 1.60 bits per heavy atom. The van der Waals surface area contributed by atoms with Crippen LogP contribution in [-0.2, 0) is 0 Å². The van der Waals surface area contributed by atoms with Gasteiger partial charge in [0.1, 0.15) is 0 Å². The second-order valence-electron chi connectivity index (χ2n) is 5.85. The van der Waals surface area contributed by atoms with Crippen LogP contribution in [0.1, 0.15) is 79.1 Å². The van der Waals surface area contributed by atoms with Crippen LogP contribution in [0.4, 0.5) is 0 Å². The fraction of sp³-hybridized carbons (Fsp3) is 1.00. The molecule has 0 heterocycles. The van der Waals surface area contributed by atoms with Crippen molar-refractivity contribution in [3.63, 3.8) is 0 Å². The molecular formula is C15H30. The summed E-state index contributed by atoms with van der Waals surface area (Å²) in [4.78, 5) is 0. The van der Waals surface area contributed by atoms with E-state index in [0.717, 1.165) is 17.3 Å². The average molecular weight is 210 g/mol. The summed E-state index contributed by atoms with van der Waals surface area (Å²) in [5.41, 5.74) is 0.724. The Kier molecular flexibility index (Phi) is 5.15. The van der Waals surface area contributed by atoms with Gasteiger partial charge in [-0.3, -0.25) is 0 Å². The average Bonchev–Trinajstić information content (AvgIpc) is 2.74. The first-order valence-corrected chi connectivity index (χ1v) is 7.16. The van der Waals surface area contributed by atoms with E-state index in [1.165, 1.54) is 51.4 Å². The predicted octanol–water partition coefficient (Wildman–Crippen LogP) is 5.42. The van der Waals surface area contributed by atoms with Crippen LogP contribution in [0.25, 0.3) is 0 Å². The summed E-state index contributed by atoms with van der Waals surface area (Å²) >= 11 is 0. The maximum atomic E-state index is 2.53. The van der Waals surface area contributed by atoms with Gasteiger partial charge in [-0.05, 0) is 30.1 Å². The third-order valence-corrected chi connectivity index (χ3v) is 4.82. The molecule has 0 aromatic heterocycles. The molecular weight excluding hydrogens is 180 g/mol. The zero-order valence-electron chi connectivity index (χ0n) is 11.3. The van der Waals surface area contributed by atoms with Crippen molar-refractivity contribution < 1.29 is 0 Å². The third-order valence-electron chi connectivity index (χ3n) is 4.82. The van der Waals surface area contributed by atoms with Gasteiger partial charge in [0.05, 0.1) is 0 Å². The highest BCUT2D eigenvalue weighted by molar-refractivity contribution is 5.04. The van der Waals surface area contributed by atoms with Crippen molar-refractivity contribution >= 4 is 0 Å². The minimum absolute atomic E-state index is 0.724. The van der Waals surface area contributed by atoms with Gasteiger partial charge in [0.25, 0.3) is 0 Å². The van der Waals surface area contributed by atoms with Gasteiger partial charge in [0.15, 0.2) is 0 Å². The summed E-state index contributed by atoms with van der Waals surface area (Å²) in [5.74, 6) is 2.06. The molecule has 0 aromatic rings. The van der Waals surface area contributed by atoms with Crippen molar-refractivity contribution in [3.8, 4) is 0 Å². The number of hydrogen-bond acceptors (Lipinski definition) is 0. The first-order valence-electron chi connectivity index (χ1n) is 7.16. The zero-order chi connectivity index (χ0) is 11.3. The van der Waals surface area contributed by atoms with E-state index in [0.29, 0.717) is 0 Å². The van der Waals surface area contributed by atoms with Crippen molar-refractivity contribution in [3.05, 3.63) is 0 Å². The van der Waals surface area contributed by atoms with E-state index in [9.17, 15) is 0 Å². The summed E-state index contributed by atoms with van der Waals surface area (Å²) < 4.78 is 0. The summed E-state index contributed by atoms with van der Waals surface area (Å²) in [7, 11) is 0. The zero-order valence-corrected chi connectivity index (χ0v) is 11.3. The second kappa shape index (κ2) is 5.92. The van der Waals surface area contributed by atoms with Gasteiger partial charge >= 0.3 is 0 Å². The smallest absolute Gasteiger partial charge is 0.0266 e. The van der Waals surface area contributed by atoms with E-state index in [1.807, 2.05) is 0 Å². The topological polar surface area (TPSA) is 0 Å². The fourth-order valence-corrected chi connectivity index (χ4v) is 3.25. The summed E-state index contributed by atoms with van der Waals surface area (Å²) in [6, 6.07) is 0. The molecule has 0 nitrogen and oxygen atoms in total. The van der Waals surface area contributed by atoms with Crippen molar-refractivity contribution in [1.29, 1.82) is 0 Å². The molecule has 90 valence electrons. The largest absolute Gasteiger partial charge is 0.0654 e. The van der Waals surface area contributed by atoms with E-state index in [2.05, 4.69) is 27.7 Å². The maximum absolute atomic E-state index is 2.53. The highest BCUT2D eigenvalue weighted by atomic mass is 14.6. The Labute approximate surface area is 96.8 Å². The quantitative estimate of drug-likeness (QED) is 0.469. The standard InChI is InChI=1S/C15H30/c1-5-7-9-10-11-14-13(3)15(14,4)12-8-6-2/h13-14H,5-12H2,1-4H3. The molecule has 1 aliphatic carbocycles. The van der Waals surface area contributed by atoms with Crippen LogP contribution in [0.5, 0.6) is 0 Å². The summed E-state index contributed by atoms with van der Waals surface area (Å²) in [6.07, 6.45) is 11.5. The first-order chi connectivity index (χ1) is 7.16. The van der Waals surface area contributed by atoms with Crippen LogP contribution < -0.4 is 0 Å². The lowest BCUT2D eigenvalue weighted by Gasteiger charge is -2.10. The van der Waals surface area contributed by atoms with Crippen LogP contribution in [0.2, 0.25) is 0 Å². The van der Waals surface area contributed by atoms with E-state index in [4.69, 9.17) is 0 Å². The van der Waals surface area contributed by atoms with Crippen molar-refractivity contribution in [2.75, 3.05) is 0 Å². The Hall–Kier alpha value is 0. The minimum Gasteiger partial charge on any atom is -0.0654 e. The molecule has 1 saturated carbocycles. The van der Waals surface area contributed by atoms with Gasteiger partial charge in [-0.1, -0.05) is 66.2 Å². The highest BCUT2D eigenvalue weighted by Gasteiger charge is 2.56. The molecule has 15 heavy (non-hydrogen) atoms. The fourth-order valence-electron chi connectivity index (χ4n) is 3.25. The summed E-state index contributed by atoms with van der Waals surface area (Å²) in [6.45, 7) is 9.61. The Morgan fingerprint density at radius 1 is 0.933 bits per heavy atom. The number of unbranched alkanes of at least 4 members (excludes halogenated alkanes) is 4. The van der Waals surface area contributed by atoms with Crippen molar-refractivity contribution in [2.24, 2.45) is 17.3 Å². The molecule has 0 aromatic carbocycles. The van der Waals surface area contributed by atoms with Gasteiger partial charge in [-0.25, -0.2) is 0 Å². The van der Waals surface area contributed by atoms with Gasteiger partial charge in [-0.15, -0.1) is 0 Å². The predicted molar refractivity (Wildman–Crippen MR) is 69.0 cm³/mol. The highest BCUT2D eigenvalue weighted by Crippen LogP contribution is 2.63. The monoisotopic (exact) mass is 210 g/mol. The second-order valence-corrected chi connectivity index (χ2v) is 5.85. The molecule has 1 fully saturated rings. The third kappa shape index (κ3) is 3.23. The molecule has 0 N–H and O–H groups in total. The molecule has 1 rings (SSSR count). The molecule has 0 saturated heterocycles. The van der Waals surface area contributed by atoms with Crippen LogP contribution >= 0.6 is 0 Å². The van der Waals surface area contributed by atoms with Crippen LogP contribution in [-0.4, -0.2) is 0 Å². The normalized spacial score (nSPS) is 34.4. The van der Waals surface area contributed by atoms with Gasteiger partial charge in [0, 0.05) is 0 Å². The molecule has 0 radical (unpaired) electrons. The van der Waals surface area contributed by atoms with E-state index in [1.54, 1.807) is 0 Å². The SMILES string of the molecule is CCCCCCC1C(C)C1(C)CCCC. The molecule has 0 amide bonds. The molecule has 3 unspecified atom stereocenters. The van der Waals surface area contributed by atoms with Crippen molar-refractivity contribution in [1.82, 2.24) is 0 Å². The Bertz CT molecular complexity index is 173. The molecule has 0 bridgehead atoms. The number of rotatable bonds is 8. The van der Waals surface area contributed by atoms with Crippen LogP contribution in [0, 0.1) is 17.3 Å². The molecule has 0 aliphatic heterocycles. The molecule has 0 spiro atoms. The lowest BCUT2D eigenvalue weighted by Crippen LogP contribution is -1.99. The van der Waals surface area contributed by atoms with Crippen molar-refractivity contribution in [2.45, 2.75) is 79.1 Å². The van der Waals surface area contributed by atoms with Crippen LogP contribution in [0.3, 0.4) is 0 Å².